The predicted molar refractivity (Wildman–Crippen MR) is 210 cm³/mol. The largest absolute Gasteiger partial charge is 0.457 e. The molecule has 1 unspecified atom stereocenters. The highest BCUT2D eigenvalue weighted by Crippen LogP contribution is 2.62. The normalized spacial score (nSPS) is 15.3. The number of ether oxygens (including phenoxy) is 2. The molecule has 0 saturated heterocycles. The molecular weight excluding hydrogens is 635 g/mol. The van der Waals surface area contributed by atoms with Crippen LogP contribution in [0.2, 0.25) is 0 Å². The van der Waals surface area contributed by atoms with Crippen LogP contribution in [-0.2, 0) is 5.41 Å². The first-order valence-corrected chi connectivity index (χ1v) is 17.8. The number of rotatable bonds is 3. The monoisotopic (exact) mass is 665 g/mol. The highest BCUT2D eigenvalue weighted by atomic mass is 16.5. The van der Waals surface area contributed by atoms with Crippen LogP contribution in [0.5, 0.6) is 23.0 Å². The molecule has 1 atom stereocenters. The van der Waals surface area contributed by atoms with E-state index in [-0.39, 0.29) is 0 Å². The molecule has 1 spiro atoms. The van der Waals surface area contributed by atoms with Crippen LogP contribution in [-0.4, -0.2) is 4.57 Å². The molecule has 3 heterocycles. The molecule has 8 aromatic carbocycles. The van der Waals surface area contributed by atoms with Crippen molar-refractivity contribution in [3.8, 4) is 50.9 Å². The lowest BCUT2D eigenvalue weighted by Crippen LogP contribution is -2.37. The number of aromatic nitrogens is 1. The van der Waals surface area contributed by atoms with Gasteiger partial charge in [0.05, 0.1) is 16.4 Å². The van der Waals surface area contributed by atoms with Gasteiger partial charge in [-0.25, -0.2) is 0 Å². The fourth-order valence-corrected chi connectivity index (χ4v) is 8.71. The molecule has 0 radical (unpaired) electrons. The number of fused-ring (bicyclic) bond motifs is 11. The van der Waals surface area contributed by atoms with Crippen LogP contribution in [0.25, 0.3) is 49.7 Å². The minimum absolute atomic E-state index is 0.696. The average molecular weight is 666 g/mol. The van der Waals surface area contributed by atoms with Gasteiger partial charge in [-0.2, -0.15) is 0 Å². The van der Waals surface area contributed by atoms with Gasteiger partial charge in [0.1, 0.15) is 23.0 Å². The van der Waals surface area contributed by atoms with Gasteiger partial charge in [0.2, 0.25) is 0 Å². The summed E-state index contributed by atoms with van der Waals surface area (Å²) in [4.78, 5) is 0. The molecule has 0 amide bonds. The molecule has 2 aliphatic rings. The van der Waals surface area contributed by atoms with Crippen LogP contribution in [0.4, 0.5) is 0 Å². The summed E-state index contributed by atoms with van der Waals surface area (Å²) in [5.41, 5.74) is 11.6. The molecule has 0 bridgehead atoms. The third-order valence-electron chi connectivity index (χ3n) is 10.9. The van der Waals surface area contributed by atoms with Crippen molar-refractivity contribution in [2.45, 2.75) is 5.41 Å². The zero-order chi connectivity index (χ0) is 34.2. The Kier molecular flexibility index (Phi) is 6.17. The van der Waals surface area contributed by atoms with E-state index < -0.39 is 5.41 Å². The molecule has 11 rings (SSSR count). The van der Waals surface area contributed by atoms with Crippen LogP contribution >= 0.6 is 0 Å². The van der Waals surface area contributed by atoms with Gasteiger partial charge in [-0.1, -0.05) is 140 Å². The molecule has 52 heavy (non-hydrogen) atoms. The van der Waals surface area contributed by atoms with E-state index in [4.69, 9.17) is 9.47 Å². The Balaban J connectivity index is 1.20. The molecule has 0 fully saturated rings. The summed E-state index contributed by atoms with van der Waals surface area (Å²) in [5, 5.41) is 2.47. The van der Waals surface area contributed by atoms with Crippen LogP contribution < -0.4 is 9.47 Å². The maximum absolute atomic E-state index is 6.92. The first-order valence-electron chi connectivity index (χ1n) is 17.8. The molecule has 9 aromatic rings. The van der Waals surface area contributed by atoms with Crippen molar-refractivity contribution < 1.29 is 9.47 Å². The minimum atomic E-state index is -0.696. The maximum Gasteiger partial charge on any atom is 0.140 e. The summed E-state index contributed by atoms with van der Waals surface area (Å²) in [5.74, 6) is 3.41. The van der Waals surface area contributed by atoms with Crippen LogP contribution in [0, 0.1) is 0 Å². The maximum atomic E-state index is 6.92. The number of nitrogens with zero attached hydrogens (tertiary/aromatic N) is 1. The third kappa shape index (κ3) is 4.02. The highest BCUT2D eigenvalue weighted by molar-refractivity contribution is 6.10. The number of para-hydroxylation sites is 5. The number of hydrogen-bond donors (Lipinski definition) is 0. The first-order chi connectivity index (χ1) is 25.8. The van der Waals surface area contributed by atoms with Crippen molar-refractivity contribution in [1.82, 2.24) is 4.57 Å². The third-order valence-corrected chi connectivity index (χ3v) is 10.9. The highest BCUT2D eigenvalue weighted by Gasteiger charge is 2.51. The molecule has 0 N–H and O–H groups in total. The number of benzene rings is 8. The fourth-order valence-electron chi connectivity index (χ4n) is 8.71. The van der Waals surface area contributed by atoms with E-state index in [2.05, 4.69) is 193 Å². The summed E-state index contributed by atoms with van der Waals surface area (Å²) in [7, 11) is 0. The molecule has 1 aromatic heterocycles. The Labute approximate surface area is 301 Å². The van der Waals surface area contributed by atoms with Crippen molar-refractivity contribution in [1.29, 1.82) is 0 Å². The average Bonchev–Trinajstić information content (AvgIpc) is 3.55. The van der Waals surface area contributed by atoms with Gasteiger partial charge >= 0.3 is 0 Å². The van der Waals surface area contributed by atoms with Gasteiger partial charge in [-0.3, -0.25) is 0 Å². The summed E-state index contributed by atoms with van der Waals surface area (Å²) in [6.07, 6.45) is 0. The van der Waals surface area contributed by atoms with Crippen LogP contribution in [0.3, 0.4) is 0 Å². The van der Waals surface area contributed by atoms with E-state index in [1.54, 1.807) is 0 Å². The van der Waals surface area contributed by atoms with Gasteiger partial charge in [0.15, 0.2) is 0 Å². The van der Waals surface area contributed by atoms with Crippen LogP contribution in [0.15, 0.2) is 188 Å². The fraction of sp³-hybridized carbons (Fsp3) is 0.0204. The van der Waals surface area contributed by atoms with E-state index in [9.17, 15) is 0 Å². The standard InChI is InChI=1S/C49H31NO2/c1-3-14-32(15-4-1)36-19-13-22-41-48(36)52-46-25-12-9-21-40(46)49(41)39-20-8-11-24-45(39)51-47-29-27-33(30-42(47)49)34-26-28-38-37-18-7-10-23-43(37)50(44(38)31-34)35-16-5-2-6-17-35/h1-31H. The molecule has 3 nitrogen and oxygen atoms in total. The van der Waals surface area contributed by atoms with Crippen molar-refractivity contribution >= 4 is 21.8 Å². The van der Waals surface area contributed by atoms with E-state index >= 15 is 0 Å². The van der Waals surface area contributed by atoms with E-state index in [1.807, 2.05) is 0 Å². The zero-order valence-corrected chi connectivity index (χ0v) is 28.2. The second kappa shape index (κ2) is 11.1. The second-order valence-corrected chi connectivity index (χ2v) is 13.6. The van der Waals surface area contributed by atoms with Gasteiger partial charge in [-0.05, 0) is 65.2 Å². The Hall–Kier alpha value is -6.84. The Morgan fingerprint density at radius 1 is 0.365 bits per heavy atom. The quantitative estimate of drug-likeness (QED) is 0.187. The molecule has 0 saturated carbocycles. The van der Waals surface area contributed by atoms with E-state index in [0.717, 1.165) is 73.2 Å². The Morgan fingerprint density at radius 3 is 1.77 bits per heavy atom. The molecule has 244 valence electrons. The van der Waals surface area contributed by atoms with Gasteiger partial charge < -0.3 is 14.0 Å². The Bertz CT molecular complexity index is 2840. The van der Waals surface area contributed by atoms with Crippen molar-refractivity contribution in [3.63, 3.8) is 0 Å². The summed E-state index contributed by atoms with van der Waals surface area (Å²) in [6, 6.07) is 67.0. The summed E-state index contributed by atoms with van der Waals surface area (Å²) < 4.78 is 16.1. The molecular formula is C49H31NO2. The second-order valence-electron chi connectivity index (χ2n) is 13.6. The topological polar surface area (TPSA) is 23.4 Å². The predicted octanol–water partition coefficient (Wildman–Crippen LogP) is 12.7. The molecule has 0 aliphatic carbocycles. The van der Waals surface area contributed by atoms with E-state index in [1.165, 1.54) is 21.8 Å². The van der Waals surface area contributed by atoms with Crippen LogP contribution in [0.1, 0.15) is 22.3 Å². The van der Waals surface area contributed by atoms with Crippen molar-refractivity contribution in [2.75, 3.05) is 0 Å². The first kappa shape index (κ1) is 28.9. The van der Waals surface area contributed by atoms with Crippen molar-refractivity contribution in [3.05, 3.63) is 210 Å². The minimum Gasteiger partial charge on any atom is -0.457 e. The SMILES string of the molecule is c1ccc(-c2cccc3c2Oc2ccccc2C32c3ccccc3Oc3ccc(-c4ccc5c6ccccc6n(-c6ccccc6)c5c4)cc32)cc1. The van der Waals surface area contributed by atoms with E-state index in [0.29, 0.717) is 0 Å². The lowest BCUT2D eigenvalue weighted by Gasteiger charge is -2.45. The molecule has 3 heteroatoms. The van der Waals surface area contributed by atoms with Crippen molar-refractivity contribution in [2.24, 2.45) is 0 Å². The van der Waals surface area contributed by atoms with Gasteiger partial charge in [0.25, 0.3) is 0 Å². The molecule has 2 aliphatic heterocycles. The lowest BCUT2D eigenvalue weighted by molar-refractivity contribution is 0.400. The summed E-state index contributed by atoms with van der Waals surface area (Å²) >= 11 is 0. The smallest absolute Gasteiger partial charge is 0.140 e. The zero-order valence-electron chi connectivity index (χ0n) is 28.2. The number of hydrogen-bond acceptors (Lipinski definition) is 2. The van der Waals surface area contributed by atoms with Gasteiger partial charge in [-0.15, -0.1) is 0 Å². The Morgan fingerprint density at radius 2 is 0.962 bits per heavy atom. The summed E-state index contributed by atoms with van der Waals surface area (Å²) in [6.45, 7) is 0. The van der Waals surface area contributed by atoms with Gasteiger partial charge in [0, 0.05) is 44.3 Å². The lowest BCUT2D eigenvalue weighted by atomic mass is 9.61.